The van der Waals surface area contributed by atoms with Crippen molar-refractivity contribution in [3.63, 3.8) is 0 Å². The van der Waals surface area contributed by atoms with E-state index in [1.807, 2.05) is 0 Å². The first-order chi connectivity index (χ1) is 10.9. The molecule has 0 atom stereocenters. The fraction of sp³-hybridized carbons (Fsp3) is 0. The van der Waals surface area contributed by atoms with Crippen LogP contribution in [-0.2, 0) is 0 Å². The fourth-order valence-corrected chi connectivity index (χ4v) is 1.41. The highest BCUT2D eigenvalue weighted by atomic mass is 15.4. The summed E-state index contributed by atoms with van der Waals surface area (Å²) < 4.78 is 0. The fourth-order valence-electron chi connectivity index (χ4n) is 1.41. The summed E-state index contributed by atoms with van der Waals surface area (Å²) in [5.74, 6) is 0.927. The van der Waals surface area contributed by atoms with E-state index in [1.165, 1.54) is 12.7 Å². The molecule has 0 saturated heterocycles. The van der Waals surface area contributed by atoms with Crippen LogP contribution in [0.1, 0.15) is 0 Å². The third-order valence-corrected chi connectivity index (χ3v) is 2.28. The van der Waals surface area contributed by atoms with Gasteiger partial charge in [0, 0.05) is 0 Å². The highest BCUT2D eigenvalue weighted by molar-refractivity contribution is 5.88. The Kier molecular flexibility index (Phi) is 2.67. The Morgan fingerprint density at radius 1 is 0.545 bits per heavy atom. The molecule has 0 aromatic carbocycles. The van der Waals surface area contributed by atoms with Crippen LogP contribution in [0.3, 0.4) is 0 Å². The normalized spacial score (nSPS) is 28.0. The second-order valence-electron chi connectivity index (χ2n) is 3.64. The van der Waals surface area contributed by atoms with Crippen molar-refractivity contribution >= 4 is 24.6 Å². The van der Waals surface area contributed by atoms with E-state index in [2.05, 4.69) is 71.1 Å². The predicted molar refractivity (Wildman–Crippen MR) is 70.2 cm³/mol. The van der Waals surface area contributed by atoms with Gasteiger partial charge in [-0.05, 0) is 0 Å². The Hall–Kier alpha value is -3.84. The second-order valence-corrected chi connectivity index (χ2v) is 3.64. The molecule has 0 bridgehead atoms. The molecule has 0 aromatic rings. The van der Waals surface area contributed by atoms with Crippen LogP contribution in [0.15, 0.2) is 94.4 Å². The van der Waals surface area contributed by atoms with Gasteiger partial charge in [0.05, 0.1) is 0 Å². The van der Waals surface area contributed by atoms with Gasteiger partial charge in [0.1, 0.15) is 12.7 Å². The molecule has 0 radical (unpaired) electrons. The van der Waals surface area contributed by atoms with Crippen molar-refractivity contribution in [3.8, 4) is 0 Å². The lowest BCUT2D eigenvalue weighted by molar-refractivity contribution is 1.07. The molecule has 0 fully saturated rings. The lowest BCUT2D eigenvalue weighted by atomic mass is 10.7. The minimum absolute atomic E-state index is 0.0115. The molecule has 0 aliphatic carbocycles. The van der Waals surface area contributed by atoms with Crippen molar-refractivity contribution in [1.82, 2.24) is 0 Å². The minimum Gasteiger partial charge on any atom is -0.210 e. The van der Waals surface area contributed by atoms with Gasteiger partial charge in [-0.15, -0.1) is 51.1 Å². The first kappa shape index (κ1) is 11.9. The summed E-state index contributed by atoms with van der Waals surface area (Å²) in [7, 11) is 0. The number of hydrogen-bond acceptors (Lipinski definition) is 14. The predicted octanol–water partition coefficient (Wildman–Crippen LogP) is 2.32. The van der Waals surface area contributed by atoms with Gasteiger partial charge < -0.3 is 0 Å². The average Bonchev–Trinajstić information content (AvgIpc) is 3.33. The number of aliphatic imine (C=N–C) groups is 4. The van der Waals surface area contributed by atoms with Crippen LogP contribution in [0.4, 0.5) is 0 Å². The van der Waals surface area contributed by atoms with Crippen LogP contribution in [-0.4, -0.2) is 24.6 Å². The van der Waals surface area contributed by atoms with Crippen LogP contribution in [0.5, 0.6) is 0 Å². The number of azo groups is 5. The Balaban J connectivity index is 1.53. The molecular formula is C8H2N14. The molecule has 4 heterocycles. The smallest absolute Gasteiger partial charge is 0.210 e. The Bertz CT molecular complexity index is 769. The molecule has 0 spiro atoms. The van der Waals surface area contributed by atoms with E-state index in [0.29, 0.717) is 0 Å². The van der Waals surface area contributed by atoms with E-state index < -0.39 is 0 Å². The van der Waals surface area contributed by atoms with Crippen LogP contribution in [0, 0.1) is 0 Å². The lowest BCUT2D eigenvalue weighted by Crippen LogP contribution is -1.87. The summed E-state index contributed by atoms with van der Waals surface area (Å²) in [5.41, 5.74) is 0. The maximum absolute atomic E-state index is 3.97. The van der Waals surface area contributed by atoms with Crippen molar-refractivity contribution in [2.24, 2.45) is 71.1 Å². The largest absolute Gasteiger partial charge is 0.290 e. The number of guanidine groups is 2. The number of hydrogen-bond donors (Lipinski definition) is 0. The van der Waals surface area contributed by atoms with Crippen LogP contribution < -0.4 is 0 Å². The SMILES string of the molecule is C1=NC(=C2N=NC(N=NC3=NC(=C4N=CN=N4)N=N3)=N2)N=N1. The van der Waals surface area contributed by atoms with Crippen molar-refractivity contribution in [3.05, 3.63) is 23.3 Å². The zero-order valence-electron chi connectivity index (χ0n) is 10.4. The minimum atomic E-state index is 0.0115. The number of nitrogens with zero attached hydrogens (tertiary/aromatic N) is 14. The zero-order chi connectivity index (χ0) is 14.8. The van der Waals surface area contributed by atoms with Crippen molar-refractivity contribution in [2.45, 2.75) is 0 Å². The monoisotopic (exact) mass is 294 g/mol. The van der Waals surface area contributed by atoms with Gasteiger partial charge >= 0.3 is 0 Å². The quantitative estimate of drug-likeness (QED) is 0.596. The van der Waals surface area contributed by atoms with E-state index >= 15 is 0 Å². The molecular weight excluding hydrogens is 292 g/mol. The third kappa shape index (κ3) is 2.19. The van der Waals surface area contributed by atoms with Gasteiger partial charge in [0.25, 0.3) is 11.9 Å². The Morgan fingerprint density at radius 2 is 1.05 bits per heavy atom. The third-order valence-electron chi connectivity index (χ3n) is 2.28. The van der Waals surface area contributed by atoms with Crippen LogP contribution in [0.2, 0.25) is 0 Å². The van der Waals surface area contributed by atoms with E-state index in [9.17, 15) is 0 Å². The average molecular weight is 294 g/mol. The van der Waals surface area contributed by atoms with Crippen LogP contribution >= 0.6 is 0 Å². The van der Waals surface area contributed by atoms with E-state index in [1.54, 1.807) is 0 Å². The molecule has 0 N–H and O–H groups in total. The van der Waals surface area contributed by atoms with Crippen molar-refractivity contribution in [1.29, 1.82) is 0 Å². The second kappa shape index (κ2) is 4.93. The molecule has 4 rings (SSSR count). The summed E-state index contributed by atoms with van der Waals surface area (Å²) in [4.78, 5) is 15.6. The van der Waals surface area contributed by atoms with Crippen LogP contribution in [0.25, 0.3) is 0 Å². The van der Waals surface area contributed by atoms with Gasteiger partial charge in [-0.3, -0.25) is 0 Å². The Morgan fingerprint density at radius 3 is 1.45 bits per heavy atom. The molecule has 0 unspecified atom stereocenters. The summed E-state index contributed by atoms with van der Waals surface area (Å²) in [6, 6.07) is 0. The van der Waals surface area contributed by atoms with E-state index in [0.717, 1.165) is 0 Å². The first-order valence-electron chi connectivity index (χ1n) is 5.66. The molecule has 104 valence electrons. The highest BCUT2D eigenvalue weighted by Gasteiger charge is 2.16. The maximum atomic E-state index is 3.97. The molecule has 14 nitrogen and oxygen atoms in total. The first-order valence-corrected chi connectivity index (χ1v) is 5.66. The summed E-state index contributed by atoms with van der Waals surface area (Å²) in [6.07, 6.45) is 2.55. The molecule has 4 aliphatic heterocycles. The topological polar surface area (TPSA) is 173 Å². The standard InChI is InChI=1S/C8H2N14/c1-9-3(15-11-1)5-13-7(19-17-5)21-22-8-14-6(18-20-8)4-10-2-12-16-4/h1-2H. The van der Waals surface area contributed by atoms with Gasteiger partial charge in [-0.1, -0.05) is 0 Å². The molecule has 14 heteroatoms. The summed E-state index contributed by atoms with van der Waals surface area (Å²) in [6.45, 7) is 0. The lowest BCUT2D eigenvalue weighted by Gasteiger charge is -1.85. The van der Waals surface area contributed by atoms with Gasteiger partial charge in [-0.2, -0.15) is 9.98 Å². The highest BCUT2D eigenvalue weighted by Crippen LogP contribution is 2.21. The molecule has 4 aliphatic rings. The van der Waals surface area contributed by atoms with Gasteiger partial charge in [0.2, 0.25) is 23.3 Å². The van der Waals surface area contributed by atoms with Crippen molar-refractivity contribution < 1.29 is 0 Å². The molecule has 0 saturated carbocycles. The molecule has 0 amide bonds. The Labute approximate surface area is 120 Å². The van der Waals surface area contributed by atoms with Gasteiger partial charge in [0.15, 0.2) is 0 Å². The maximum Gasteiger partial charge on any atom is 0.290 e. The van der Waals surface area contributed by atoms with Gasteiger partial charge in [-0.25, -0.2) is 9.98 Å². The summed E-state index contributed by atoms with van der Waals surface area (Å²) >= 11 is 0. The van der Waals surface area contributed by atoms with Crippen molar-refractivity contribution in [2.75, 3.05) is 0 Å². The number of rotatable bonds is 0. The van der Waals surface area contributed by atoms with E-state index in [4.69, 9.17) is 0 Å². The van der Waals surface area contributed by atoms with E-state index in [-0.39, 0.29) is 35.2 Å². The molecule has 22 heavy (non-hydrogen) atoms. The zero-order valence-corrected chi connectivity index (χ0v) is 10.4. The summed E-state index contributed by atoms with van der Waals surface area (Å²) in [5, 5.41) is 36.9. The molecule has 0 aromatic heterocycles.